The van der Waals surface area contributed by atoms with Crippen LogP contribution in [-0.4, -0.2) is 47.0 Å². The van der Waals surface area contributed by atoms with E-state index in [1.807, 2.05) is 6.08 Å². The van der Waals surface area contributed by atoms with E-state index in [0.29, 0.717) is 17.7 Å². The Hall–Kier alpha value is -1.52. The number of benzene rings is 1. The average molecular weight is 313 g/mol. The number of phenols is 1. The first-order valence-corrected chi connectivity index (χ1v) is 8.71. The molecule has 0 amide bonds. The lowest BCUT2D eigenvalue weighted by atomic mass is 9.63. The predicted molar refractivity (Wildman–Crippen MR) is 86.8 cm³/mol. The van der Waals surface area contributed by atoms with Crippen molar-refractivity contribution in [2.45, 2.75) is 49.3 Å². The van der Waals surface area contributed by atoms with E-state index in [4.69, 9.17) is 4.74 Å². The third-order valence-electron chi connectivity index (χ3n) is 6.65. The molecular weight excluding hydrogens is 290 g/mol. The van der Waals surface area contributed by atoms with E-state index in [1.165, 1.54) is 11.1 Å². The van der Waals surface area contributed by atoms with E-state index in [0.717, 1.165) is 32.2 Å². The summed E-state index contributed by atoms with van der Waals surface area (Å²) in [6.45, 7) is 1.09. The van der Waals surface area contributed by atoms with Crippen LogP contribution in [0.5, 0.6) is 11.5 Å². The van der Waals surface area contributed by atoms with Crippen LogP contribution in [0.1, 0.15) is 30.4 Å². The Kier molecular flexibility index (Phi) is 2.73. The third kappa shape index (κ3) is 1.58. The maximum atomic E-state index is 10.6. The Labute approximate surface area is 136 Å². The van der Waals surface area contributed by atoms with Crippen LogP contribution in [0.4, 0.5) is 0 Å². The molecule has 122 valence electrons. The number of aromatic hydroxyl groups is 1. The second-order valence-electron chi connectivity index (χ2n) is 7.62. The van der Waals surface area contributed by atoms with Gasteiger partial charge in [-0.25, -0.2) is 0 Å². The highest BCUT2D eigenvalue weighted by Gasteiger charge is 2.63. The highest BCUT2D eigenvalue weighted by atomic mass is 16.5. The number of hydrogen-bond acceptors (Lipinski definition) is 4. The molecule has 5 atom stereocenters. The van der Waals surface area contributed by atoms with Gasteiger partial charge in [0.15, 0.2) is 11.5 Å². The van der Waals surface area contributed by atoms with Crippen molar-refractivity contribution >= 4 is 0 Å². The standard InChI is InChI=1S/C19H23NO3/c1-20-10-2-3-11-4-6-14(21)17-16(11)19-9-8-13(20)12(19)5-7-15(22)18(19)23-17/h4-7,12-13,15,18,21-22H,2-3,8-10H2,1H3/t12?,13?,15-,18-,19-/m0/s1. The van der Waals surface area contributed by atoms with E-state index >= 15 is 0 Å². The number of aryl methyl sites for hydroxylation is 1. The Morgan fingerprint density at radius 2 is 2.17 bits per heavy atom. The van der Waals surface area contributed by atoms with Gasteiger partial charge in [-0.05, 0) is 50.9 Å². The van der Waals surface area contributed by atoms with Crippen LogP contribution < -0.4 is 4.74 Å². The van der Waals surface area contributed by atoms with Gasteiger partial charge in [0.05, 0.1) is 0 Å². The summed E-state index contributed by atoms with van der Waals surface area (Å²) in [6.07, 6.45) is 7.50. The molecule has 2 aliphatic carbocycles. The van der Waals surface area contributed by atoms with Crippen molar-refractivity contribution in [1.29, 1.82) is 0 Å². The summed E-state index contributed by atoms with van der Waals surface area (Å²) < 4.78 is 6.18. The van der Waals surface area contributed by atoms with Crippen LogP contribution in [0.25, 0.3) is 0 Å². The molecule has 2 unspecified atom stereocenters. The fourth-order valence-electron chi connectivity index (χ4n) is 5.71. The smallest absolute Gasteiger partial charge is 0.165 e. The molecule has 23 heavy (non-hydrogen) atoms. The lowest BCUT2D eigenvalue weighted by Crippen LogP contribution is -2.53. The molecule has 2 heterocycles. The molecule has 5 rings (SSSR count). The monoisotopic (exact) mass is 313 g/mol. The topological polar surface area (TPSA) is 52.9 Å². The zero-order valence-corrected chi connectivity index (χ0v) is 13.4. The van der Waals surface area contributed by atoms with E-state index in [1.54, 1.807) is 6.07 Å². The Morgan fingerprint density at radius 3 is 3.04 bits per heavy atom. The summed E-state index contributed by atoms with van der Waals surface area (Å²) in [5.41, 5.74) is 2.30. The number of phenolic OH excluding ortho intramolecular Hbond substituents is 1. The van der Waals surface area contributed by atoms with Gasteiger partial charge in [-0.15, -0.1) is 0 Å². The summed E-state index contributed by atoms with van der Waals surface area (Å²) in [5.74, 6) is 1.20. The van der Waals surface area contributed by atoms with Crippen LogP contribution in [0.3, 0.4) is 0 Å². The van der Waals surface area contributed by atoms with Crippen LogP contribution in [0.2, 0.25) is 0 Å². The predicted octanol–water partition coefficient (Wildman–Crippen LogP) is 1.98. The van der Waals surface area contributed by atoms with Crippen molar-refractivity contribution in [2.75, 3.05) is 13.6 Å². The number of ether oxygens (including phenoxy) is 1. The number of rotatable bonds is 0. The first-order valence-electron chi connectivity index (χ1n) is 8.71. The van der Waals surface area contributed by atoms with Gasteiger partial charge in [-0.1, -0.05) is 18.2 Å². The Bertz CT molecular complexity index is 700. The lowest BCUT2D eigenvalue weighted by molar-refractivity contribution is 0.00847. The van der Waals surface area contributed by atoms with Gasteiger partial charge < -0.3 is 19.8 Å². The molecule has 1 spiro atoms. The van der Waals surface area contributed by atoms with Gasteiger partial charge in [0.25, 0.3) is 0 Å². The van der Waals surface area contributed by atoms with Crippen LogP contribution in [0, 0.1) is 5.92 Å². The third-order valence-corrected chi connectivity index (χ3v) is 6.65. The molecule has 2 aliphatic heterocycles. The Balaban J connectivity index is 1.81. The lowest BCUT2D eigenvalue weighted by Gasteiger charge is -2.42. The second kappa shape index (κ2) is 4.52. The molecule has 1 fully saturated rings. The van der Waals surface area contributed by atoms with Crippen molar-refractivity contribution in [3.8, 4) is 11.5 Å². The summed E-state index contributed by atoms with van der Waals surface area (Å²) in [6, 6.07) is 4.31. The van der Waals surface area contributed by atoms with Crippen molar-refractivity contribution in [3.63, 3.8) is 0 Å². The first kappa shape index (κ1) is 13.9. The average Bonchev–Trinajstić information content (AvgIpc) is 3.10. The van der Waals surface area contributed by atoms with Crippen LogP contribution >= 0.6 is 0 Å². The second-order valence-corrected chi connectivity index (χ2v) is 7.62. The summed E-state index contributed by atoms with van der Waals surface area (Å²) in [7, 11) is 2.22. The quantitative estimate of drug-likeness (QED) is 0.719. The molecule has 4 nitrogen and oxygen atoms in total. The number of hydrogen-bond donors (Lipinski definition) is 2. The van der Waals surface area contributed by atoms with Crippen molar-refractivity contribution in [2.24, 2.45) is 5.92 Å². The van der Waals surface area contributed by atoms with Crippen molar-refractivity contribution < 1.29 is 14.9 Å². The fourth-order valence-corrected chi connectivity index (χ4v) is 5.71. The highest BCUT2D eigenvalue weighted by molar-refractivity contribution is 5.60. The minimum Gasteiger partial charge on any atom is -0.504 e. The van der Waals surface area contributed by atoms with E-state index in [9.17, 15) is 10.2 Å². The van der Waals surface area contributed by atoms with E-state index < -0.39 is 6.10 Å². The normalized spacial score (nSPS) is 41.0. The molecule has 0 radical (unpaired) electrons. The zero-order chi connectivity index (χ0) is 15.8. The molecule has 0 saturated heterocycles. The molecule has 1 aromatic rings. The molecule has 4 aliphatic rings. The maximum Gasteiger partial charge on any atom is 0.165 e. The summed E-state index contributed by atoms with van der Waals surface area (Å²) in [5, 5.41) is 21.0. The number of aliphatic hydroxyl groups excluding tert-OH is 1. The molecule has 2 bridgehead atoms. The van der Waals surface area contributed by atoms with Gasteiger partial charge in [-0.2, -0.15) is 0 Å². The molecular formula is C19H23NO3. The summed E-state index contributed by atoms with van der Waals surface area (Å²) in [4.78, 5) is 2.49. The van der Waals surface area contributed by atoms with Gasteiger partial charge in [-0.3, -0.25) is 0 Å². The minimum atomic E-state index is -0.601. The van der Waals surface area contributed by atoms with E-state index in [2.05, 4.69) is 24.1 Å². The molecule has 1 aromatic carbocycles. The van der Waals surface area contributed by atoms with Gasteiger partial charge >= 0.3 is 0 Å². The first-order chi connectivity index (χ1) is 11.1. The number of nitrogens with zero attached hydrogens (tertiary/aromatic N) is 1. The van der Waals surface area contributed by atoms with E-state index in [-0.39, 0.29) is 17.3 Å². The van der Waals surface area contributed by atoms with Gasteiger partial charge in [0, 0.05) is 22.9 Å². The van der Waals surface area contributed by atoms with Crippen LogP contribution in [-0.2, 0) is 11.8 Å². The SMILES string of the molecule is CN1CCCc2ccc(O)c3c2[C@]24CCC1C2C=C[C@H](O)[C@@H]4O3. The fraction of sp³-hybridized carbons (Fsp3) is 0.579. The minimum absolute atomic E-state index is 0.180. The maximum absolute atomic E-state index is 10.6. The van der Waals surface area contributed by atoms with Gasteiger partial charge in [0.2, 0.25) is 0 Å². The largest absolute Gasteiger partial charge is 0.504 e. The highest BCUT2D eigenvalue weighted by Crippen LogP contribution is 2.62. The van der Waals surface area contributed by atoms with Crippen molar-refractivity contribution in [3.05, 3.63) is 35.4 Å². The summed E-state index contributed by atoms with van der Waals surface area (Å²) >= 11 is 0. The Morgan fingerprint density at radius 1 is 1.30 bits per heavy atom. The molecule has 1 saturated carbocycles. The number of aliphatic hydroxyl groups is 1. The zero-order valence-electron chi connectivity index (χ0n) is 13.4. The van der Waals surface area contributed by atoms with Gasteiger partial charge in [0.1, 0.15) is 12.2 Å². The van der Waals surface area contributed by atoms with Crippen LogP contribution in [0.15, 0.2) is 24.3 Å². The molecule has 4 heteroatoms. The van der Waals surface area contributed by atoms with Crippen molar-refractivity contribution in [1.82, 2.24) is 4.90 Å². The molecule has 2 N–H and O–H groups in total. The molecule has 0 aromatic heterocycles.